The zero-order chi connectivity index (χ0) is 13.0. The Morgan fingerprint density at radius 1 is 1.50 bits per heavy atom. The molecule has 2 heterocycles. The number of nitrogens with one attached hydrogen (secondary N) is 1. The van der Waals surface area contributed by atoms with Crippen molar-refractivity contribution in [3.8, 4) is 0 Å². The minimum Gasteiger partial charge on any atom is -0.339 e. The van der Waals surface area contributed by atoms with E-state index in [2.05, 4.69) is 10.3 Å². The van der Waals surface area contributed by atoms with E-state index >= 15 is 0 Å². The molecule has 0 spiro atoms. The summed E-state index contributed by atoms with van der Waals surface area (Å²) >= 11 is 1.28. The Bertz CT molecular complexity index is 415. The van der Waals surface area contributed by atoms with Gasteiger partial charge in [-0.25, -0.2) is 0 Å². The van der Waals surface area contributed by atoms with Gasteiger partial charge in [0.05, 0.1) is 18.3 Å². The van der Waals surface area contributed by atoms with Crippen molar-refractivity contribution in [2.75, 3.05) is 39.8 Å². The average Bonchev–Trinajstić information content (AvgIpc) is 2.92. The molecular formula is C11H16N4O2S. The molecule has 1 aliphatic rings. The van der Waals surface area contributed by atoms with Crippen LogP contribution in [0.15, 0.2) is 11.7 Å². The minimum atomic E-state index is -0.152. The lowest BCUT2D eigenvalue weighted by Gasteiger charge is -2.29. The maximum atomic E-state index is 12.0. The highest BCUT2D eigenvalue weighted by Gasteiger charge is 2.21. The summed E-state index contributed by atoms with van der Waals surface area (Å²) in [6.07, 6.45) is 1.53. The van der Waals surface area contributed by atoms with Gasteiger partial charge in [0.25, 0.3) is 5.91 Å². The van der Waals surface area contributed by atoms with Crippen molar-refractivity contribution in [1.82, 2.24) is 20.1 Å². The van der Waals surface area contributed by atoms with Crippen LogP contribution in [0.5, 0.6) is 0 Å². The molecule has 6 nitrogen and oxygen atoms in total. The molecule has 1 aliphatic heterocycles. The first-order chi connectivity index (χ1) is 8.68. The predicted molar refractivity (Wildman–Crippen MR) is 68.5 cm³/mol. The highest BCUT2D eigenvalue weighted by Crippen LogP contribution is 2.08. The standard InChI is InChI=1S/C11H16N4O2S/c1-14(11(17)9-6-13-8-18-9)7-10(16)15-4-2-12-3-5-15/h6,8,12H,2-5,7H2,1H3. The zero-order valence-corrected chi connectivity index (χ0v) is 11.1. The lowest BCUT2D eigenvalue weighted by atomic mass is 10.3. The van der Waals surface area contributed by atoms with Gasteiger partial charge in [0.2, 0.25) is 5.91 Å². The predicted octanol–water partition coefficient (Wildman–Crippen LogP) is -0.353. The number of thiazole rings is 1. The first-order valence-corrected chi connectivity index (χ1v) is 6.69. The van der Waals surface area contributed by atoms with Crippen LogP contribution >= 0.6 is 11.3 Å². The van der Waals surface area contributed by atoms with Gasteiger partial charge in [-0.2, -0.15) is 0 Å². The molecule has 1 saturated heterocycles. The van der Waals surface area contributed by atoms with Crippen LogP contribution in [0.25, 0.3) is 0 Å². The van der Waals surface area contributed by atoms with E-state index < -0.39 is 0 Å². The van der Waals surface area contributed by atoms with Crippen LogP contribution < -0.4 is 5.32 Å². The SMILES string of the molecule is CN(CC(=O)N1CCNCC1)C(=O)c1cncs1. The van der Waals surface area contributed by atoms with Crippen LogP contribution in [-0.4, -0.2) is 66.4 Å². The number of amides is 2. The van der Waals surface area contributed by atoms with Crippen molar-refractivity contribution in [2.24, 2.45) is 0 Å². The Morgan fingerprint density at radius 3 is 2.83 bits per heavy atom. The maximum absolute atomic E-state index is 12.0. The van der Waals surface area contributed by atoms with Crippen molar-refractivity contribution in [1.29, 1.82) is 0 Å². The lowest BCUT2D eigenvalue weighted by Crippen LogP contribution is -2.49. The van der Waals surface area contributed by atoms with Gasteiger partial charge >= 0.3 is 0 Å². The largest absolute Gasteiger partial charge is 0.339 e. The molecule has 2 rings (SSSR count). The number of aromatic nitrogens is 1. The smallest absolute Gasteiger partial charge is 0.265 e. The number of carbonyl (C=O) groups is 2. The van der Waals surface area contributed by atoms with Gasteiger partial charge in [-0.15, -0.1) is 11.3 Å². The molecular weight excluding hydrogens is 252 g/mol. The van der Waals surface area contributed by atoms with Gasteiger partial charge in [-0.05, 0) is 0 Å². The van der Waals surface area contributed by atoms with E-state index in [1.54, 1.807) is 17.5 Å². The summed E-state index contributed by atoms with van der Waals surface area (Å²) in [4.78, 5) is 31.6. The Balaban J connectivity index is 1.88. The zero-order valence-electron chi connectivity index (χ0n) is 10.3. The van der Waals surface area contributed by atoms with Gasteiger partial charge in [0, 0.05) is 33.2 Å². The third kappa shape index (κ3) is 3.05. The minimum absolute atomic E-state index is 0.00290. The van der Waals surface area contributed by atoms with E-state index in [-0.39, 0.29) is 18.4 Å². The number of rotatable bonds is 3. The molecule has 2 amide bonds. The summed E-state index contributed by atoms with van der Waals surface area (Å²) in [5, 5.41) is 3.19. The fourth-order valence-electron chi connectivity index (χ4n) is 1.80. The normalized spacial score (nSPS) is 15.5. The van der Waals surface area contributed by atoms with Crippen LogP contribution in [0.4, 0.5) is 0 Å². The molecule has 0 aromatic carbocycles. The fraction of sp³-hybridized carbons (Fsp3) is 0.545. The molecule has 1 aromatic heterocycles. The molecule has 98 valence electrons. The Morgan fingerprint density at radius 2 is 2.22 bits per heavy atom. The van der Waals surface area contributed by atoms with Gasteiger partial charge in [0.1, 0.15) is 4.88 Å². The molecule has 0 unspecified atom stereocenters. The van der Waals surface area contributed by atoms with Crippen molar-refractivity contribution in [3.05, 3.63) is 16.6 Å². The van der Waals surface area contributed by atoms with Crippen LogP contribution in [0.1, 0.15) is 9.67 Å². The molecule has 0 aliphatic carbocycles. The molecule has 1 aromatic rings. The molecule has 0 bridgehead atoms. The highest BCUT2D eigenvalue weighted by molar-refractivity contribution is 7.11. The summed E-state index contributed by atoms with van der Waals surface area (Å²) in [5.41, 5.74) is 1.61. The second kappa shape index (κ2) is 5.92. The van der Waals surface area contributed by atoms with Crippen molar-refractivity contribution < 1.29 is 9.59 Å². The summed E-state index contributed by atoms with van der Waals surface area (Å²) in [6.45, 7) is 3.18. The van der Waals surface area contributed by atoms with Crippen molar-refractivity contribution >= 4 is 23.2 Å². The van der Waals surface area contributed by atoms with E-state index in [0.29, 0.717) is 18.0 Å². The van der Waals surface area contributed by atoms with Gasteiger partial charge < -0.3 is 15.1 Å². The maximum Gasteiger partial charge on any atom is 0.265 e. The van der Waals surface area contributed by atoms with Crippen LogP contribution in [0.3, 0.4) is 0 Å². The Labute approximate surface area is 110 Å². The number of nitrogens with zero attached hydrogens (tertiary/aromatic N) is 3. The summed E-state index contributed by atoms with van der Waals surface area (Å²) in [5.74, 6) is -0.155. The highest BCUT2D eigenvalue weighted by atomic mass is 32.1. The van der Waals surface area contributed by atoms with E-state index in [1.807, 2.05) is 0 Å². The molecule has 0 saturated carbocycles. The van der Waals surface area contributed by atoms with E-state index in [0.717, 1.165) is 13.1 Å². The second-order valence-corrected chi connectivity index (χ2v) is 5.04. The van der Waals surface area contributed by atoms with Crippen LogP contribution in [0.2, 0.25) is 0 Å². The number of hydrogen-bond acceptors (Lipinski definition) is 5. The van der Waals surface area contributed by atoms with E-state index in [9.17, 15) is 9.59 Å². The third-order valence-corrected chi connectivity index (χ3v) is 3.59. The fourth-order valence-corrected chi connectivity index (χ4v) is 2.41. The van der Waals surface area contributed by atoms with Crippen LogP contribution in [0, 0.1) is 0 Å². The average molecular weight is 268 g/mol. The molecule has 18 heavy (non-hydrogen) atoms. The van der Waals surface area contributed by atoms with E-state index in [1.165, 1.54) is 22.4 Å². The Kier molecular flexibility index (Phi) is 4.27. The van der Waals surface area contributed by atoms with Gasteiger partial charge in [0.15, 0.2) is 0 Å². The molecule has 1 N–H and O–H groups in total. The van der Waals surface area contributed by atoms with E-state index in [4.69, 9.17) is 0 Å². The molecule has 1 fully saturated rings. The molecule has 0 radical (unpaired) electrons. The summed E-state index contributed by atoms with van der Waals surface area (Å²) < 4.78 is 0. The molecule has 7 heteroatoms. The van der Waals surface area contributed by atoms with Crippen LogP contribution in [-0.2, 0) is 4.79 Å². The number of piperazine rings is 1. The monoisotopic (exact) mass is 268 g/mol. The quantitative estimate of drug-likeness (QED) is 0.813. The third-order valence-electron chi connectivity index (χ3n) is 2.83. The lowest BCUT2D eigenvalue weighted by molar-refractivity contribution is -0.132. The first-order valence-electron chi connectivity index (χ1n) is 5.81. The first kappa shape index (κ1) is 13.0. The Hall–Kier alpha value is -1.47. The van der Waals surface area contributed by atoms with Crippen molar-refractivity contribution in [3.63, 3.8) is 0 Å². The van der Waals surface area contributed by atoms with Crippen molar-refractivity contribution in [2.45, 2.75) is 0 Å². The molecule has 0 atom stereocenters. The number of carbonyl (C=O) groups excluding carboxylic acids is 2. The summed E-state index contributed by atoms with van der Waals surface area (Å²) in [6, 6.07) is 0. The van der Waals surface area contributed by atoms with Gasteiger partial charge in [-0.1, -0.05) is 0 Å². The number of likely N-dealkylation sites (N-methyl/N-ethyl adjacent to an activating group) is 1. The van der Waals surface area contributed by atoms with Gasteiger partial charge in [-0.3, -0.25) is 14.6 Å². The topological polar surface area (TPSA) is 65.5 Å². The number of hydrogen-bond donors (Lipinski definition) is 1. The second-order valence-electron chi connectivity index (χ2n) is 4.16. The summed E-state index contributed by atoms with van der Waals surface area (Å²) in [7, 11) is 1.64.